The zero-order valence-corrected chi connectivity index (χ0v) is 11.3. The van der Waals surface area contributed by atoms with Crippen LogP contribution in [0.5, 0.6) is 5.75 Å². The molecule has 0 radical (unpaired) electrons. The molecule has 1 rings (SSSR count). The molecule has 0 aliphatic carbocycles. The molecular weight excluding hydrogens is 230 g/mol. The molecule has 0 spiro atoms. The van der Waals surface area contributed by atoms with Gasteiger partial charge in [0.05, 0.1) is 11.5 Å². The average molecular weight is 251 g/mol. The van der Waals surface area contributed by atoms with Crippen LogP contribution in [0.4, 0.5) is 0 Å². The van der Waals surface area contributed by atoms with E-state index in [9.17, 15) is 4.79 Å². The van der Waals surface area contributed by atoms with E-state index in [1.165, 1.54) is 0 Å². The van der Waals surface area contributed by atoms with Crippen molar-refractivity contribution in [2.75, 3.05) is 0 Å². The van der Waals surface area contributed by atoms with E-state index in [0.29, 0.717) is 0 Å². The number of carbonyl (C=O) groups is 1. The SMILES string of the molecule is CC(C)Oc1ccc(C(N)C(C)(C)C(=O)O)cc1. The summed E-state index contributed by atoms with van der Waals surface area (Å²) in [5.41, 5.74) is 5.79. The standard InChI is InChI=1S/C14H21NO3/c1-9(2)18-11-7-5-10(6-8-11)12(15)14(3,4)13(16)17/h5-9,12H,15H2,1-4H3,(H,16,17). The fourth-order valence-corrected chi connectivity index (χ4v) is 1.58. The first-order valence-corrected chi connectivity index (χ1v) is 6.00. The smallest absolute Gasteiger partial charge is 0.311 e. The molecule has 0 bridgehead atoms. The van der Waals surface area contributed by atoms with Gasteiger partial charge in [0, 0.05) is 6.04 Å². The molecule has 18 heavy (non-hydrogen) atoms. The monoisotopic (exact) mass is 251 g/mol. The maximum Gasteiger partial charge on any atom is 0.311 e. The zero-order chi connectivity index (χ0) is 13.9. The second-order valence-electron chi connectivity index (χ2n) is 5.24. The Kier molecular flexibility index (Phi) is 4.35. The molecule has 1 atom stereocenters. The van der Waals surface area contributed by atoms with E-state index < -0.39 is 17.4 Å². The Bertz CT molecular complexity index is 410. The Morgan fingerprint density at radius 1 is 1.28 bits per heavy atom. The largest absolute Gasteiger partial charge is 0.491 e. The maximum atomic E-state index is 11.1. The first-order chi connectivity index (χ1) is 8.25. The van der Waals surface area contributed by atoms with Crippen molar-refractivity contribution >= 4 is 5.97 Å². The first kappa shape index (κ1) is 14.5. The van der Waals surface area contributed by atoms with E-state index in [1.807, 2.05) is 38.1 Å². The van der Waals surface area contributed by atoms with Gasteiger partial charge in [-0.1, -0.05) is 12.1 Å². The Hall–Kier alpha value is -1.55. The number of carboxylic acids is 1. The summed E-state index contributed by atoms with van der Waals surface area (Å²) in [6, 6.07) is 6.70. The lowest BCUT2D eigenvalue weighted by Crippen LogP contribution is -2.36. The van der Waals surface area contributed by atoms with Crippen LogP contribution in [-0.4, -0.2) is 17.2 Å². The van der Waals surface area contributed by atoms with Crippen LogP contribution in [-0.2, 0) is 4.79 Å². The minimum Gasteiger partial charge on any atom is -0.491 e. The molecule has 1 unspecified atom stereocenters. The van der Waals surface area contributed by atoms with Crippen molar-refractivity contribution in [1.29, 1.82) is 0 Å². The van der Waals surface area contributed by atoms with Crippen LogP contribution in [0.25, 0.3) is 0 Å². The van der Waals surface area contributed by atoms with E-state index in [4.69, 9.17) is 15.6 Å². The second kappa shape index (κ2) is 5.40. The van der Waals surface area contributed by atoms with Gasteiger partial charge in [-0.15, -0.1) is 0 Å². The van der Waals surface area contributed by atoms with Crippen molar-refractivity contribution in [3.63, 3.8) is 0 Å². The maximum absolute atomic E-state index is 11.1. The van der Waals surface area contributed by atoms with Crippen molar-refractivity contribution in [3.05, 3.63) is 29.8 Å². The van der Waals surface area contributed by atoms with Gasteiger partial charge in [0.15, 0.2) is 0 Å². The average Bonchev–Trinajstić information content (AvgIpc) is 2.28. The van der Waals surface area contributed by atoms with E-state index in [2.05, 4.69) is 0 Å². The molecule has 0 saturated heterocycles. The number of benzene rings is 1. The quantitative estimate of drug-likeness (QED) is 0.843. The van der Waals surface area contributed by atoms with Gasteiger partial charge in [0.2, 0.25) is 0 Å². The predicted molar refractivity (Wildman–Crippen MR) is 70.6 cm³/mol. The summed E-state index contributed by atoms with van der Waals surface area (Å²) in [5, 5.41) is 9.14. The Balaban J connectivity index is 2.88. The zero-order valence-electron chi connectivity index (χ0n) is 11.3. The summed E-state index contributed by atoms with van der Waals surface area (Å²) in [6.07, 6.45) is 0.111. The van der Waals surface area contributed by atoms with Crippen molar-refractivity contribution in [2.45, 2.75) is 39.8 Å². The van der Waals surface area contributed by atoms with Gasteiger partial charge in [-0.3, -0.25) is 4.79 Å². The summed E-state index contributed by atoms with van der Waals surface area (Å²) in [6.45, 7) is 7.15. The van der Waals surface area contributed by atoms with E-state index in [1.54, 1.807) is 13.8 Å². The fourth-order valence-electron chi connectivity index (χ4n) is 1.58. The molecule has 1 aromatic rings. The van der Waals surface area contributed by atoms with Crippen LogP contribution in [0.15, 0.2) is 24.3 Å². The van der Waals surface area contributed by atoms with Gasteiger partial charge in [-0.05, 0) is 45.4 Å². The van der Waals surface area contributed by atoms with Crippen molar-refractivity contribution in [3.8, 4) is 5.75 Å². The number of ether oxygens (including phenoxy) is 1. The second-order valence-corrected chi connectivity index (χ2v) is 5.24. The molecule has 3 N–H and O–H groups in total. The normalized spacial score (nSPS) is 13.4. The van der Waals surface area contributed by atoms with Gasteiger partial charge in [-0.2, -0.15) is 0 Å². The topological polar surface area (TPSA) is 72.5 Å². The van der Waals surface area contributed by atoms with Crippen molar-refractivity contribution in [1.82, 2.24) is 0 Å². The van der Waals surface area contributed by atoms with Crippen molar-refractivity contribution in [2.24, 2.45) is 11.1 Å². The highest BCUT2D eigenvalue weighted by Crippen LogP contribution is 2.32. The number of hydrogen-bond acceptors (Lipinski definition) is 3. The lowest BCUT2D eigenvalue weighted by molar-refractivity contribution is -0.148. The van der Waals surface area contributed by atoms with Crippen LogP contribution in [0.3, 0.4) is 0 Å². The summed E-state index contributed by atoms with van der Waals surface area (Å²) in [7, 11) is 0. The number of hydrogen-bond donors (Lipinski definition) is 2. The molecule has 0 heterocycles. The summed E-state index contributed by atoms with van der Waals surface area (Å²) in [5.74, 6) is -0.147. The lowest BCUT2D eigenvalue weighted by Gasteiger charge is -2.27. The highest BCUT2D eigenvalue weighted by atomic mass is 16.5. The van der Waals surface area contributed by atoms with Gasteiger partial charge in [-0.25, -0.2) is 0 Å². The van der Waals surface area contributed by atoms with E-state index in [0.717, 1.165) is 11.3 Å². The molecule has 0 amide bonds. The number of rotatable bonds is 5. The summed E-state index contributed by atoms with van der Waals surface area (Å²) in [4.78, 5) is 11.1. The highest BCUT2D eigenvalue weighted by molar-refractivity contribution is 5.75. The summed E-state index contributed by atoms with van der Waals surface area (Å²) < 4.78 is 5.52. The van der Waals surface area contributed by atoms with Crippen LogP contribution >= 0.6 is 0 Å². The van der Waals surface area contributed by atoms with Gasteiger partial charge >= 0.3 is 5.97 Å². The molecule has 4 heteroatoms. The lowest BCUT2D eigenvalue weighted by atomic mass is 9.81. The third-order valence-electron chi connectivity index (χ3n) is 2.94. The molecule has 0 aliphatic rings. The molecule has 0 aliphatic heterocycles. The third-order valence-corrected chi connectivity index (χ3v) is 2.94. The molecule has 0 fully saturated rings. The van der Waals surface area contributed by atoms with E-state index in [-0.39, 0.29) is 6.10 Å². The fraction of sp³-hybridized carbons (Fsp3) is 0.500. The minimum absolute atomic E-state index is 0.111. The molecule has 0 aromatic heterocycles. The molecule has 4 nitrogen and oxygen atoms in total. The molecular formula is C14H21NO3. The van der Waals surface area contributed by atoms with Gasteiger partial charge in [0.1, 0.15) is 5.75 Å². The predicted octanol–water partition coefficient (Wildman–Crippen LogP) is 2.58. The highest BCUT2D eigenvalue weighted by Gasteiger charge is 2.35. The minimum atomic E-state index is -1.000. The third kappa shape index (κ3) is 3.23. The Morgan fingerprint density at radius 3 is 2.17 bits per heavy atom. The van der Waals surface area contributed by atoms with Crippen LogP contribution in [0, 0.1) is 5.41 Å². The summed E-state index contributed by atoms with van der Waals surface area (Å²) >= 11 is 0. The van der Waals surface area contributed by atoms with E-state index >= 15 is 0 Å². The molecule has 100 valence electrons. The van der Waals surface area contributed by atoms with Crippen LogP contribution < -0.4 is 10.5 Å². The Morgan fingerprint density at radius 2 is 1.78 bits per heavy atom. The first-order valence-electron chi connectivity index (χ1n) is 6.00. The van der Waals surface area contributed by atoms with Gasteiger partial charge < -0.3 is 15.6 Å². The van der Waals surface area contributed by atoms with Gasteiger partial charge in [0.25, 0.3) is 0 Å². The van der Waals surface area contributed by atoms with Crippen LogP contribution in [0.2, 0.25) is 0 Å². The number of carboxylic acid groups (broad SMARTS) is 1. The number of nitrogens with two attached hydrogens (primary N) is 1. The number of aliphatic carboxylic acids is 1. The van der Waals surface area contributed by atoms with Crippen LogP contribution in [0.1, 0.15) is 39.3 Å². The molecule has 0 saturated carbocycles. The molecule has 1 aromatic carbocycles. The Labute approximate surface area is 108 Å². The van der Waals surface area contributed by atoms with Crippen molar-refractivity contribution < 1.29 is 14.6 Å².